The predicted octanol–water partition coefficient (Wildman–Crippen LogP) is 4.15. The number of fused-ring (bicyclic) bond motifs is 2. The summed E-state index contributed by atoms with van der Waals surface area (Å²) < 4.78 is 53.1. The molecule has 0 fully saturated rings. The van der Waals surface area contributed by atoms with Gasteiger partial charge in [-0.15, -0.1) is 0 Å². The smallest absolute Gasteiger partial charge is 0.195 e. The maximum Gasteiger partial charge on any atom is 0.195 e. The Morgan fingerprint density at radius 1 is 0.833 bits per heavy atom. The molecule has 0 saturated carbocycles. The van der Waals surface area contributed by atoms with Gasteiger partial charge >= 0.3 is 0 Å². The minimum atomic E-state index is -1.61. The van der Waals surface area contributed by atoms with Crippen LogP contribution in [0.4, 0.5) is 17.6 Å². The molecule has 88 valence electrons. The van der Waals surface area contributed by atoms with Gasteiger partial charge in [0.25, 0.3) is 0 Å². The maximum atomic E-state index is 13.6. The number of halogens is 4. The minimum absolute atomic E-state index is 0.0597. The Labute approximate surface area is 99.5 Å². The molecule has 0 N–H and O–H groups in total. The summed E-state index contributed by atoms with van der Waals surface area (Å²) in [5.41, 5.74) is 0. The maximum absolute atomic E-state index is 13.6. The van der Waals surface area contributed by atoms with Gasteiger partial charge in [0.2, 0.25) is 0 Å². The minimum Gasteiger partial charge on any atom is -0.206 e. The highest BCUT2D eigenvalue weighted by atomic mass is 19.2. The summed E-state index contributed by atoms with van der Waals surface area (Å²) in [5.74, 6) is -5.01. The molecule has 0 amide bonds. The topological polar surface area (TPSA) is 0 Å². The second-order valence-electron chi connectivity index (χ2n) is 3.84. The number of hydrogen-bond acceptors (Lipinski definition) is 0. The average molecular weight is 248 g/mol. The Morgan fingerprint density at radius 3 is 2.39 bits per heavy atom. The predicted molar refractivity (Wildman–Crippen MR) is 59.0 cm³/mol. The molecule has 0 aromatic heterocycles. The fourth-order valence-electron chi connectivity index (χ4n) is 1.90. The Bertz CT molecular complexity index is 778. The molecular formula is C14H4F4. The fourth-order valence-corrected chi connectivity index (χ4v) is 1.90. The van der Waals surface area contributed by atoms with E-state index in [1.54, 1.807) is 6.07 Å². The molecule has 0 saturated heterocycles. The van der Waals surface area contributed by atoms with E-state index < -0.39 is 23.3 Å². The molecule has 18 heavy (non-hydrogen) atoms. The van der Waals surface area contributed by atoms with E-state index in [1.165, 1.54) is 12.1 Å². The van der Waals surface area contributed by atoms with Crippen molar-refractivity contribution in [1.82, 2.24) is 0 Å². The molecule has 0 atom stereocenters. The van der Waals surface area contributed by atoms with E-state index in [4.69, 9.17) is 0 Å². The van der Waals surface area contributed by atoms with E-state index in [1.807, 2.05) is 0 Å². The molecule has 0 aliphatic rings. The van der Waals surface area contributed by atoms with Crippen LogP contribution in [0.1, 0.15) is 0 Å². The van der Waals surface area contributed by atoms with Crippen LogP contribution in [0.15, 0.2) is 24.3 Å². The van der Waals surface area contributed by atoms with Crippen LogP contribution in [-0.4, -0.2) is 0 Å². The van der Waals surface area contributed by atoms with Gasteiger partial charge in [-0.3, -0.25) is 0 Å². The van der Waals surface area contributed by atoms with Crippen LogP contribution in [0, 0.1) is 35.4 Å². The number of benzene rings is 3. The van der Waals surface area contributed by atoms with E-state index in [0.717, 1.165) is 6.07 Å². The van der Waals surface area contributed by atoms with Gasteiger partial charge in [-0.05, 0) is 22.9 Å². The second-order valence-corrected chi connectivity index (χ2v) is 3.84. The van der Waals surface area contributed by atoms with Gasteiger partial charge in [-0.2, -0.15) is 0 Å². The van der Waals surface area contributed by atoms with E-state index in [2.05, 4.69) is 12.1 Å². The standard InChI is InChI=1S/C14H4F4/c15-11-3-1-2-7-4-8-5-12(16)14(18)13(17)10(8)6-9(7)11/h1-2,4,6H. The van der Waals surface area contributed by atoms with Gasteiger partial charge in [-0.1, -0.05) is 12.1 Å². The Morgan fingerprint density at radius 2 is 1.61 bits per heavy atom. The van der Waals surface area contributed by atoms with E-state index in [9.17, 15) is 17.6 Å². The Kier molecular flexibility index (Phi) is 2.26. The van der Waals surface area contributed by atoms with Crippen molar-refractivity contribution in [2.24, 2.45) is 0 Å². The third-order valence-corrected chi connectivity index (χ3v) is 2.77. The third-order valence-electron chi connectivity index (χ3n) is 2.77. The van der Waals surface area contributed by atoms with E-state index in [0.29, 0.717) is 5.39 Å². The highest BCUT2D eigenvalue weighted by Crippen LogP contribution is 2.28. The Hall–Kier alpha value is -2.10. The zero-order chi connectivity index (χ0) is 12.9. The van der Waals surface area contributed by atoms with Gasteiger partial charge in [0.1, 0.15) is 5.82 Å². The molecule has 0 nitrogen and oxygen atoms in total. The van der Waals surface area contributed by atoms with Crippen LogP contribution >= 0.6 is 0 Å². The monoisotopic (exact) mass is 248 g/mol. The van der Waals surface area contributed by atoms with Crippen molar-refractivity contribution in [2.45, 2.75) is 0 Å². The van der Waals surface area contributed by atoms with Crippen LogP contribution in [0.5, 0.6) is 0 Å². The largest absolute Gasteiger partial charge is 0.206 e. The van der Waals surface area contributed by atoms with Crippen molar-refractivity contribution in [3.05, 3.63) is 59.7 Å². The zero-order valence-electron chi connectivity index (χ0n) is 8.82. The first-order valence-corrected chi connectivity index (χ1v) is 5.07. The van der Waals surface area contributed by atoms with Crippen molar-refractivity contribution >= 4 is 21.5 Å². The van der Waals surface area contributed by atoms with E-state index >= 15 is 0 Å². The molecule has 0 aliphatic carbocycles. The lowest BCUT2D eigenvalue weighted by molar-refractivity contribution is 0.452. The molecule has 0 spiro atoms. The van der Waals surface area contributed by atoms with Crippen molar-refractivity contribution in [3.63, 3.8) is 0 Å². The van der Waals surface area contributed by atoms with Gasteiger partial charge < -0.3 is 0 Å². The van der Waals surface area contributed by atoms with Crippen molar-refractivity contribution in [2.75, 3.05) is 0 Å². The summed E-state index contributed by atoms with van der Waals surface area (Å²) in [6.45, 7) is 0. The lowest BCUT2D eigenvalue weighted by Crippen LogP contribution is -1.93. The van der Waals surface area contributed by atoms with Crippen molar-refractivity contribution < 1.29 is 17.6 Å². The summed E-state index contributed by atoms with van der Waals surface area (Å²) in [6.07, 6.45) is 0. The SMILES string of the molecule is Fc1[c]c2cc3cc[c]c(F)c3cc2c(F)c1F. The lowest BCUT2D eigenvalue weighted by Gasteiger charge is -2.05. The van der Waals surface area contributed by atoms with Crippen LogP contribution in [0.3, 0.4) is 0 Å². The first-order chi connectivity index (χ1) is 8.58. The zero-order valence-corrected chi connectivity index (χ0v) is 8.82. The molecule has 3 aromatic carbocycles. The first-order valence-electron chi connectivity index (χ1n) is 5.07. The molecule has 0 unspecified atom stereocenters. The molecule has 0 heterocycles. The molecular weight excluding hydrogens is 244 g/mol. The van der Waals surface area contributed by atoms with Gasteiger partial charge in [-0.25, -0.2) is 17.6 Å². The van der Waals surface area contributed by atoms with Crippen molar-refractivity contribution in [3.8, 4) is 0 Å². The molecule has 0 aliphatic heterocycles. The summed E-state index contributed by atoms with van der Waals surface area (Å²) in [5, 5.41) is 0.396. The molecule has 2 radical (unpaired) electrons. The summed E-state index contributed by atoms with van der Waals surface area (Å²) >= 11 is 0. The molecule has 3 aromatic rings. The third kappa shape index (κ3) is 1.45. The fraction of sp³-hybridized carbons (Fsp3) is 0. The normalized spacial score (nSPS) is 11.3. The Balaban J connectivity index is 2.54. The molecule has 0 bridgehead atoms. The quantitative estimate of drug-likeness (QED) is 0.318. The average Bonchev–Trinajstić information content (AvgIpc) is 2.35. The lowest BCUT2D eigenvalue weighted by atomic mass is 10.0. The second kappa shape index (κ2) is 3.70. The van der Waals surface area contributed by atoms with Gasteiger partial charge in [0.05, 0.1) is 0 Å². The number of hydrogen-bond donors (Lipinski definition) is 0. The van der Waals surface area contributed by atoms with Gasteiger partial charge in [0, 0.05) is 22.9 Å². The highest BCUT2D eigenvalue weighted by Gasteiger charge is 2.15. The van der Waals surface area contributed by atoms with Crippen LogP contribution in [0.2, 0.25) is 0 Å². The summed E-state index contributed by atoms with van der Waals surface area (Å²) in [4.78, 5) is 0. The van der Waals surface area contributed by atoms with Crippen LogP contribution < -0.4 is 0 Å². The molecule has 3 rings (SSSR count). The number of rotatable bonds is 0. The first kappa shape index (κ1) is 11.0. The van der Waals surface area contributed by atoms with Crippen LogP contribution in [0.25, 0.3) is 21.5 Å². The van der Waals surface area contributed by atoms with Crippen molar-refractivity contribution in [1.29, 1.82) is 0 Å². The molecule has 4 heteroatoms. The van der Waals surface area contributed by atoms with E-state index in [-0.39, 0.29) is 16.2 Å². The summed E-state index contributed by atoms with van der Waals surface area (Å²) in [7, 11) is 0. The van der Waals surface area contributed by atoms with Gasteiger partial charge in [0.15, 0.2) is 17.5 Å². The highest BCUT2D eigenvalue weighted by molar-refractivity contribution is 5.98. The summed E-state index contributed by atoms with van der Waals surface area (Å²) in [6, 6.07) is 9.80. The van der Waals surface area contributed by atoms with Crippen LogP contribution in [-0.2, 0) is 0 Å².